The lowest BCUT2D eigenvalue weighted by molar-refractivity contribution is -0.132. The van der Waals surface area contributed by atoms with Gasteiger partial charge in [-0.15, -0.1) is 0 Å². The summed E-state index contributed by atoms with van der Waals surface area (Å²) in [6.45, 7) is 0.803. The molecule has 3 nitrogen and oxygen atoms in total. The molecule has 0 spiro atoms. The standard InChI is InChI=1S/C21H20Cl2N2O/c22-17-9-7-14(12-18(17)23)20-6-3-11-25(20)21(26)10-8-15-13-24-19-5-2-1-4-16(15)19/h1-2,4-5,7,9,12-13,20,24H,3,6,8,10-11H2. The van der Waals surface area contributed by atoms with Crippen molar-refractivity contribution in [1.82, 2.24) is 9.88 Å². The highest BCUT2D eigenvalue weighted by molar-refractivity contribution is 6.42. The quantitative estimate of drug-likeness (QED) is 0.606. The Balaban J connectivity index is 1.47. The number of rotatable bonds is 4. The number of aryl methyl sites for hydroxylation is 1. The van der Waals surface area contributed by atoms with E-state index >= 15 is 0 Å². The lowest BCUT2D eigenvalue weighted by Crippen LogP contribution is -2.30. The van der Waals surface area contributed by atoms with E-state index in [1.54, 1.807) is 0 Å². The Labute approximate surface area is 162 Å². The lowest BCUT2D eigenvalue weighted by atomic mass is 10.0. The van der Waals surface area contributed by atoms with E-state index in [4.69, 9.17) is 23.2 Å². The molecule has 1 amide bonds. The van der Waals surface area contributed by atoms with Gasteiger partial charge >= 0.3 is 0 Å². The SMILES string of the molecule is O=C(CCc1c[nH]c2ccccc12)N1CCCC1c1ccc(Cl)c(Cl)c1. The maximum Gasteiger partial charge on any atom is 0.223 e. The van der Waals surface area contributed by atoms with Crippen LogP contribution < -0.4 is 0 Å². The molecule has 1 fully saturated rings. The van der Waals surface area contributed by atoms with Crippen molar-refractivity contribution >= 4 is 40.0 Å². The summed E-state index contributed by atoms with van der Waals surface area (Å²) in [7, 11) is 0. The second kappa shape index (κ2) is 7.34. The smallest absolute Gasteiger partial charge is 0.223 e. The third-order valence-electron chi connectivity index (χ3n) is 5.18. The van der Waals surface area contributed by atoms with Gasteiger partial charge in [0.25, 0.3) is 0 Å². The number of amides is 1. The fourth-order valence-electron chi connectivity index (χ4n) is 3.86. The van der Waals surface area contributed by atoms with Gasteiger partial charge < -0.3 is 9.88 Å². The van der Waals surface area contributed by atoms with Crippen LogP contribution in [0.1, 0.15) is 36.4 Å². The number of aromatic nitrogens is 1. The molecule has 1 aliphatic heterocycles. The van der Waals surface area contributed by atoms with Gasteiger partial charge in [0.2, 0.25) is 5.91 Å². The number of hydrogen-bond donors (Lipinski definition) is 1. The summed E-state index contributed by atoms with van der Waals surface area (Å²) in [4.78, 5) is 18.1. The first-order chi connectivity index (χ1) is 12.6. The summed E-state index contributed by atoms with van der Waals surface area (Å²) >= 11 is 12.2. The van der Waals surface area contributed by atoms with E-state index in [9.17, 15) is 4.79 Å². The van der Waals surface area contributed by atoms with Crippen molar-refractivity contribution in [3.63, 3.8) is 0 Å². The molecular weight excluding hydrogens is 367 g/mol. The summed E-state index contributed by atoms with van der Waals surface area (Å²) in [6, 6.07) is 14.0. The molecule has 5 heteroatoms. The molecule has 3 aromatic rings. The number of carbonyl (C=O) groups is 1. The van der Waals surface area contributed by atoms with E-state index in [2.05, 4.69) is 17.1 Å². The molecule has 1 atom stereocenters. The van der Waals surface area contributed by atoms with Crippen LogP contribution in [0.4, 0.5) is 0 Å². The van der Waals surface area contributed by atoms with Crippen molar-refractivity contribution in [3.05, 3.63) is 69.8 Å². The summed E-state index contributed by atoms with van der Waals surface area (Å²) in [5.41, 5.74) is 3.38. The predicted molar refractivity (Wildman–Crippen MR) is 107 cm³/mol. The van der Waals surface area contributed by atoms with Crippen molar-refractivity contribution in [3.8, 4) is 0 Å². The zero-order valence-electron chi connectivity index (χ0n) is 14.3. The van der Waals surface area contributed by atoms with E-state index in [1.165, 1.54) is 10.9 Å². The Kier molecular flexibility index (Phi) is 4.92. The highest BCUT2D eigenvalue weighted by Crippen LogP contribution is 2.35. The molecule has 1 aromatic heterocycles. The largest absolute Gasteiger partial charge is 0.361 e. The maximum atomic E-state index is 12.9. The Morgan fingerprint density at radius 3 is 2.85 bits per heavy atom. The van der Waals surface area contributed by atoms with Crippen molar-refractivity contribution < 1.29 is 4.79 Å². The van der Waals surface area contributed by atoms with Crippen LogP contribution in [-0.4, -0.2) is 22.3 Å². The number of nitrogens with one attached hydrogen (secondary N) is 1. The first-order valence-corrected chi connectivity index (χ1v) is 9.68. The third kappa shape index (κ3) is 3.34. The number of halogens is 2. The van der Waals surface area contributed by atoms with Crippen molar-refractivity contribution in [2.75, 3.05) is 6.54 Å². The monoisotopic (exact) mass is 386 g/mol. The number of benzene rings is 2. The van der Waals surface area contributed by atoms with Crippen LogP contribution in [0.15, 0.2) is 48.7 Å². The number of hydrogen-bond acceptors (Lipinski definition) is 1. The van der Waals surface area contributed by atoms with Crippen LogP contribution in [0.2, 0.25) is 10.0 Å². The van der Waals surface area contributed by atoms with Gasteiger partial charge in [-0.3, -0.25) is 4.79 Å². The number of carbonyl (C=O) groups excluding carboxylic acids is 1. The molecule has 0 saturated carbocycles. The second-order valence-corrected chi connectivity index (χ2v) is 7.59. The zero-order chi connectivity index (χ0) is 18.1. The third-order valence-corrected chi connectivity index (χ3v) is 5.92. The van der Waals surface area contributed by atoms with Crippen molar-refractivity contribution in [2.24, 2.45) is 0 Å². The number of likely N-dealkylation sites (tertiary alicyclic amines) is 1. The number of para-hydroxylation sites is 1. The van der Waals surface area contributed by atoms with Crippen LogP contribution in [0.25, 0.3) is 10.9 Å². The fourth-order valence-corrected chi connectivity index (χ4v) is 4.16. The van der Waals surface area contributed by atoms with E-state index < -0.39 is 0 Å². The molecule has 1 unspecified atom stereocenters. The van der Waals surface area contributed by atoms with Crippen LogP contribution in [0.3, 0.4) is 0 Å². The maximum absolute atomic E-state index is 12.9. The molecule has 1 saturated heterocycles. The molecule has 1 aliphatic rings. The predicted octanol–water partition coefficient (Wildman–Crippen LogP) is 5.77. The average Bonchev–Trinajstić information content (AvgIpc) is 3.29. The summed E-state index contributed by atoms with van der Waals surface area (Å²) in [5, 5.41) is 2.29. The minimum absolute atomic E-state index is 0.0974. The molecule has 0 aliphatic carbocycles. The number of nitrogens with zero attached hydrogens (tertiary/aromatic N) is 1. The fraction of sp³-hybridized carbons (Fsp3) is 0.286. The Morgan fingerprint density at radius 1 is 1.15 bits per heavy atom. The van der Waals surface area contributed by atoms with E-state index in [1.807, 2.05) is 41.4 Å². The van der Waals surface area contributed by atoms with Gasteiger partial charge in [0.05, 0.1) is 16.1 Å². The lowest BCUT2D eigenvalue weighted by Gasteiger charge is -2.25. The Hall–Kier alpha value is -1.97. The van der Waals surface area contributed by atoms with Crippen LogP contribution in [0.5, 0.6) is 0 Å². The van der Waals surface area contributed by atoms with Crippen LogP contribution >= 0.6 is 23.2 Å². The summed E-state index contributed by atoms with van der Waals surface area (Å²) < 4.78 is 0. The van der Waals surface area contributed by atoms with Crippen molar-refractivity contribution in [2.45, 2.75) is 31.7 Å². The van der Waals surface area contributed by atoms with Gasteiger partial charge in [-0.25, -0.2) is 0 Å². The molecule has 4 rings (SSSR count). The van der Waals surface area contributed by atoms with Gasteiger partial charge in [-0.2, -0.15) is 0 Å². The molecule has 26 heavy (non-hydrogen) atoms. The van der Waals surface area contributed by atoms with Gasteiger partial charge in [0, 0.05) is 30.1 Å². The summed E-state index contributed by atoms with van der Waals surface area (Å²) in [6.07, 6.45) is 5.26. The number of aromatic amines is 1. The Bertz CT molecular complexity index is 950. The average molecular weight is 387 g/mol. The van der Waals surface area contributed by atoms with E-state index in [0.717, 1.165) is 36.9 Å². The van der Waals surface area contributed by atoms with E-state index in [-0.39, 0.29) is 11.9 Å². The van der Waals surface area contributed by atoms with Crippen LogP contribution in [-0.2, 0) is 11.2 Å². The second-order valence-electron chi connectivity index (χ2n) is 6.78. The number of H-pyrrole nitrogens is 1. The Morgan fingerprint density at radius 2 is 2.00 bits per heavy atom. The minimum Gasteiger partial charge on any atom is -0.361 e. The van der Waals surface area contributed by atoms with Gasteiger partial charge in [0.1, 0.15) is 0 Å². The van der Waals surface area contributed by atoms with E-state index in [0.29, 0.717) is 16.5 Å². The highest BCUT2D eigenvalue weighted by atomic mass is 35.5. The molecule has 0 bridgehead atoms. The first-order valence-electron chi connectivity index (χ1n) is 8.93. The summed E-state index contributed by atoms with van der Waals surface area (Å²) in [5.74, 6) is 0.198. The minimum atomic E-state index is 0.0974. The zero-order valence-corrected chi connectivity index (χ0v) is 15.9. The normalized spacial score (nSPS) is 17.2. The molecule has 2 aromatic carbocycles. The molecule has 1 N–H and O–H groups in total. The van der Waals surface area contributed by atoms with Gasteiger partial charge in [0.15, 0.2) is 0 Å². The molecule has 134 valence electrons. The first kappa shape index (κ1) is 17.4. The van der Waals surface area contributed by atoms with Gasteiger partial charge in [-0.1, -0.05) is 47.5 Å². The highest BCUT2D eigenvalue weighted by Gasteiger charge is 2.30. The topological polar surface area (TPSA) is 36.1 Å². The molecule has 0 radical (unpaired) electrons. The van der Waals surface area contributed by atoms with Crippen LogP contribution in [0, 0.1) is 0 Å². The molecule has 2 heterocycles. The molecular formula is C21H20Cl2N2O. The number of fused-ring (bicyclic) bond motifs is 1. The van der Waals surface area contributed by atoms with Crippen molar-refractivity contribution in [1.29, 1.82) is 0 Å². The van der Waals surface area contributed by atoms with Gasteiger partial charge in [-0.05, 0) is 48.6 Å².